The van der Waals surface area contributed by atoms with Crippen LogP contribution in [0.5, 0.6) is 5.75 Å². The van der Waals surface area contributed by atoms with Crippen LogP contribution in [0.2, 0.25) is 5.02 Å². The molecule has 2 aromatic rings. The Bertz CT molecular complexity index is 559. The average Bonchev–Trinajstić information content (AvgIpc) is 2.32. The smallest absolute Gasteiger partial charge is 0.161 e. The highest BCUT2D eigenvalue weighted by molar-refractivity contribution is 6.32. The van der Waals surface area contributed by atoms with Gasteiger partial charge in [0.05, 0.1) is 24.0 Å². The first-order valence-electron chi connectivity index (χ1n) is 4.83. The number of hydrogen-bond acceptors (Lipinski definition) is 5. The van der Waals surface area contributed by atoms with Gasteiger partial charge in [-0.3, -0.25) is 0 Å². The number of anilines is 2. The number of aromatic nitrogens is 2. The maximum absolute atomic E-state index is 6.01. The predicted molar refractivity (Wildman–Crippen MR) is 67.9 cm³/mol. The van der Waals surface area contributed by atoms with Crippen molar-refractivity contribution in [3.8, 4) is 17.1 Å². The van der Waals surface area contributed by atoms with Crippen molar-refractivity contribution in [1.82, 2.24) is 9.97 Å². The van der Waals surface area contributed by atoms with Gasteiger partial charge in [0.1, 0.15) is 5.75 Å². The number of nitrogens with zero attached hydrogens (tertiary/aromatic N) is 2. The van der Waals surface area contributed by atoms with Crippen molar-refractivity contribution in [3.05, 3.63) is 29.4 Å². The summed E-state index contributed by atoms with van der Waals surface area (Å²) < 4.78 is 5.06. The molecule has 0 aliphatic rings. The zero-order chi connectivity index (χ0) is 12.4. The number of benzene rings is 1. The lowest BCUT2D eigenvalue weighted by molar-refractivity contribution is 0.415. The number of ether oxygens (including phenoxy) is 1. The third kappa shape index (κ3) is 2.24. The van der Waals surface area contributed by atoms with Crippen LogP contribution in [0.25, 0.3) is 11.4 Å². The second-order valence-corrected chi connectivity index (χ2v) is 3.79. The summed E-state index contributed by atoms with van der Waals surface area (Å²) >= 11 is 6.01. The van der Waals surface area contributed by atoms with E-state index in [1.165, 1.54) is 6.20 Å². The summed E-state index contributed by atoms with van der Waals surface area (Å²) in [6.45, 7) is 0. The van der Waals surface area contributed by atoms with Crippen molar-refractivity contribution in [3.63, 3.8) is 0 Å². The average molecular weight is 251 g/mol. The van der Waals surface area contributed by atoms with Gasteiger partial charge in [0.15, 0.2) is 11.6 Å². The van der Waals surface area contributed by atoms with Gasteiger partial charge >= 0.3 is 0 Å². The number of nitrogen functional groups attached to an aromatic ring is 2. The molecule has 1 aromatic heterocycles. The van der Waals surface area contributed by atoms with Gasteiger partial charge in [-0.1, -0.05) is 11.6 Å². The Morgan fingerprint density at radius 1 is 1.29 bits per heavy atom. The highest BCUT2D eigenvalue weighted by Gasteiger charge is 2.07. The molecule has 0 radical (unpaired) electrons. The Morgan fingerprint density at radius 3 is 2.65 bits per heavy atom. The highest BCUT2D eigenvalue weighted by Crippen LogP contribution is 2.29. The Morgan fingerprint density at radius 2 is 2.06 bits per heavy atom. The third-order valence-corrected chi connectivity index (χ3v) is 2.55. The summed E-state index contributed by atoms with van der Waals surface area (Å²) in [6.07, 6.45) is 1.47. The van der Waals surface area contributed by atoms with Crippen molar-refractivity contribution in [2.75, 3.05) is 18.6 Å². The van der Waals surface area contributed by atoms with Gasteiger partial charge in [-0.2, -0.15) is 0 Å². The molecule has 0 amide bonds. The van der Waals surface area contributed by atoms with Crippen LogP contribution in [0, 0.1) is 0 Å². The topological polar surface area (TPSA) is 87.0 Å². The minimum Gasteiger partial charge on any atom is -0.495 e. The Balaban J connectivity index is 2.46. The largest absolute Gasteiger partial charge is 0.495 e. The first kappa shape index (κ1) is 11.5. The second-order valence-electron chi connectivity index (χ2n) is 3.38. The van der Waals surface area contributed by atoms with E-state index in [2.05, 4.69) is 9.97 Å². The number of nitrogens with two attached hydrogens (primary N) is 2. The molecule has 17 heavy (non-hydrogen) atoms. The predicted octanol–water partition coefficient (Wildman–Crippen LogP) is 1.97. The summed E-state index contributed by atoms with van der Waals surface area (Å²) in [5.74, 6) is 1.32. The summed E-state index contributed by atoms with van der Waals surface area (Å²) in [4.78, 5) is 8.17. The lowest BCUT2D eigenvalue weighted by Gasteiger charge is -2.06. The van der Waals surface area contributed by atoms with E-state index in [-0.39, 0.29) is 5.82 Å². The van der Waals surface area contributed by atoms with Crippen molar-refractivity contribution in [2.45, 2.75) is 0 Å². The molecule has 2 rings (SSSR count). The molecule has 6 heteroatoms. The summed E-state index contributed by atoms with van der Waals surface area (Å²) in [6, 6.07) is 5.26. The van der Waals surface area contributed by atoms with Crippen LogP contribution in [0.4, 0.5) is 11.5 Å². The van der Waals surface area contributed by atoms with E-state index in [9.17, 15) is 0 Å². The fourth-order valence-corrected chi connectivity index (χ4v) is 1.61. The Labute approximate surface area is 103 Å². The first-order valence-corrected chi connectivity index (χ1v) is 5.21. The van der Waals surface area contributed by atoms with E-state index < -0.39 is 0 Å². The molecular formula is C11H11ClN4O. The van der Waals surface area contributed by atoms with Crippen LogP contribution in [-0.2, 0) is 0 Å². The standard InChI is InChI=1S/C11H11ClN4O/c1-17-9-3-2-6(4-7(9)12)11-15-5-8(13)10(14)16-11/h2-5H,13H2,1H3,(H2,14,15,16). The Kier molecular flexibility index (Phi) is 3.01. The van der Waals surface area contributed by atoms with Crippen molar-refractivity contribution < 1.29 is 4.74 Å². The van der Waals surface area contributed by atoms with E-state index in [4.69, 9.17) is 27.8 Å². The number of methoxy groups -OCH3 is 1. The van der Waals surface area contributed by atoms with Gasteiger partial charge < -0.3 is 16.2 Å². The minimum absolute atomic E-state index is 0.252. The zero-order valence-corrected chi connectivity index (χ0v) is 9.90. The molecule has 0 atom stereocenters. The molecule has 1 aromatic carbocycles. The van der Waals surface area contributed by atoms with Crippen LogP contribution < -0.4 is 16.2 Å². The van der Waals surface area contributed by atoms with Crippen LogP contribution >= 0.6 is 11.6 Å². The maximum Gasteiger partial charge on any atom is 0.161 e. The lowest BCUT2D eigenvalue weighted by Crippen LogP contribution is -2.01. The summed E-state index contributed by atoms with van der Waals surface area (Å²) in [5.41, 5.74) is 12.3. The van der Waals surface area contributed by atoms with E-state index in [1.54, 1.807) is 25.3 Å². The molecule has 4 N–H and O–H groups in total. The van der Waals surface area contributed by atoms with Crippen molar-refractivity contribution >= 4 is 23.1 Å². The van der Waals surface area contributed by atoms with Gasteiger partial charge in [0.2, 0.25) is 0 Å². The van der Waals surface area contributed by atoms with Gasteiger partial charge in [0.25, 0.3) is 0 Å². The number of hydrogen-bond donors (Lipinski definition) is 2. The van der Waals surface area contributed by atoms with Crippen LogP contribution in [0.3, 0.4) is 0 Å². The van der Waals surface area contributed by atoms with Crippen molar-refractivity contribution in [1.29, 1.82) is 0 Å². The molecule has 1 heterocycles. The van der Waals surface area contributed by atoms with E-state index in [0.717, 1.165) is 5.56 Å². The minimum atomic E-state index is 0.252. The van der Waals surface area contributed by atoms with Gasteiger partial charge in [0, 0.05) is 5.56 Å². The van der Waals surface area contributed by atoms with E-state index in [0.29, 0.717) is 22.3 Å². The number of rotatable bonds is 2. The molecular weight excluding hydrogens is 240 g/mol. The fraction of sp³-hybridized carbons (Fsp3) is 0.0909. The van der Waals surface area contributed by atoms with Crippen LogP contribution in [-0.4, -0.2) is 17.1 Å². The quantitative estimate of drug-likeness (QED) is 0.851. The highest BCUT2D eigenvalue weighted by atomic mass is 35.5. The molecule has 88 valence electrons. The van der Waals surface area contributed by atoms with E-state index >= 15 is 0 Å². The molecule has 0 fully saturated rings. The summed E-state index contributed by atoms with van der Waals surface area (Å²) in [7, 11) is 1.55. The summed E-state index contributed by atoms with van der Waals surface area (Å²) in [5, 5.41) is 0.490. The fourth-order valence-electron chi connectivity index (χ4n) is 1.35. The normalized spacial score (nSPS) is 10.2. The van der Waals surface area contributed by atoms with Crippen LogP contribution in [0.1, 0.15) is 0 Å². The lowest BCUT2D eigenvalue weighted by atomic mass is 10.2. The molecule has 0 saturated carbocycles. The molecule has 0 aliphatic heterocycles. The monoisotopic (exact) mass is 250 g/mol. The molecule has 5 nitrogen and oxygen atoms in total. The number of halogens is 1. The Hall–Kier alpha value is -2.01. The zero-order valence-electron chi connectivity index (χ0n) is 9.14. The maximum atomic E-state index is 6.01. The van der Waals surface area contributed by atoms with Gasteiger partial charge in [-0.15, -0.1) is 0 Å². The second kappa shape index (κ2) is 4.47. The molecule has 0 aliphatic carbocycles. The van der Waals surface area contributed by atoms with Gasteiger partial charge in [-0.05, 0) is 18.2 Å². The van der Waals surface area contributed by atoms with Crippen LogP contribution in [0.15, 0.2) is 24.4 Å². The molecule has 0 unspecified atom stereocenters. The third-order valence-electron chi connectivity index (χ3n) is 2.26. The molecule has 0 spiro atoms. The van der Waals surface area contributed by atoms with E-state index in [1.807, 2.05) is 0 Å². The van der Waals surface area contributed by atoms with Gasteiger partial charge in [-0.25, -0.2) is 9.97 Å². The first-order chi connectivity index (χ1) is 8.11. The SMILES string of the molecule is COc1ccc(-c2ncc(N)c(N)n2)cc1Cl. The van der Waals surface area contributed by atoms with Crippen molar-refractivity contribution in [2.24, 2.45) is 0 Å². The molecule has 0 bridgehead atoms. The molecule has 0 saturated heterocycles.